The lowest BCUT2D eigenvalue weighted by Gasteiger charge is -2.34. The van der Waals surface area contributed by atoms with Crippen LogP contribution in [0.3, 0.4) is 0 Å². The number of aromatic nitrogens is 2. The van der Waals surface area contributed by atoms with Crippen LogP contribution in [0, 0.1) is 0 Å². The van der Waals surface area contributed by atoms with Crippen LogP contribution in [0.25, 0.3) is 0 Å². The number of aryl methyl sites for hydroxylation is 1. The van der Waals surface area contributed by atoms with Gasteiger partial charge in [-0.1, -0.05) is 0 Å². The molecule has 2 amide bonds. The van der Waals surface area contributed by atoms with Crippen LogP contribution in [0.2, 0.25) is 0 Å². The highest BCUT2D eigenvalue weighted by atomic mass is 16.2. The van der Waals surface area contributed by atoms with Gasteiger partial charge in [-0.15, -0.1) is 0 Å². The van der Waals surface area contributed by atoms with Crippen molar-refractivity contribution in [1.29, 1.82) is 0 Å². The van der Waals surface area contributed by atoms with Crippen molar-refractivity contribution in [3.8, 4) is 0 Å². The van der Waals surface area contributed by atoms with Crippen LogP contribution >= 0.6 is 0 Å². The number of hydrogen-bond acceptors (Lipinski definition) is 3. The molecule has 1 aromatic heterocycles. The highest BCUT2D eigenvalue weighted by molar-refractivity contribution is 5.74. The SMILES string of the molecule is CN(C)[C@@H]1CCC[C@@H](NC(=O)N[C@H]2CCc3[nH]ncc3C2)C1. The third-order valence-corrected chi connectivity index (χ3v) is 5.06. The summed E-state index contributed by atoms with van der Waals surface area (Å²) < 4.78 is 0. The van der Waals surface area contributed by atoms with Gasteiger partial charge in [-0.3, -0.25) is 5.10 Å². The Balaban J connectivity index is 1.47. The minimum Gasteiger partial charge on any atom is -0.335 e. The molecular formula is C16H27N5O. The lowest BCUT2D eigenvalue weighted by molar-refractivity contribution is 0.191. The zero-order valence-electron chi connectivity index (χ0n) is 13.6. The standard InChI is InChI=1S/C16H27N5O/c1-21(2)14-5-3-4-12(9-14)18-16(22)19-13-6-7-15-11(8-13)10-17-20-15/h10,12-14H,3-9H2,1-2H3,(H,17,20)(H2,18,19,22)/t12-,13+,14-/m1/s1. The number of nitrogens with zero attached hydrogens (tertiary/aromatic N) is 2. The Bertz CT molecular complexity index is 512. The average molecular weight is 305 g/mol. The van der Waals surface area contributed by atoms with Crippen molar-refractivity contribution in [3.63, 3.8) is 0 Å². The molecule has 0 radical (unpaired) electrons. The van der Waals surface area contributed by atoms with Crippen LogP contribution in [0.5, 0.6) is 0 Å². The molecule has 22 heavy (non-hydrogen) atoms. The van der Waals surface area contributed by atoms with Crippen LogP contribution < -0.4 is 10.6 Å². The molecule has 2 aliphatic rings. The van der Waals surface area contributed by atoms with Crippen LogP contribution in [-0.4, -0.2) is 53.3 Å². The predicted octanol–water partition coefficient (Wildman–Crippen LogP) is 1.44. The van der Waals surface area contributed by atoms with E-state index in [1.807, 2.05) is 6.20 Å². The number of H-pyrrole nitrogens is 1. The molecule has 6 heteroatoms. The lowest BCUT2D eigenvalue weighted by atomic mass is 9.90. The van der Waals surface area contributed by atoms with Gasteiger partial charge in [0.05, 0.1) is 6.20 Å². The molecule has 2 aliphatic carbocycles. The van der Waals surface area contributed by atoms with Crippen LogP contribution in [0.15, 0.2) is 6.20 Å². The van der Waals surface area contributed by atoms with Crippen molar-refractivity contribution >= 4 is 6.03 Å². The van der Waals surface area contributed by atoms with Crippen LogP contribution in [0.4, 0.5) is 4.79 Å². The van der Waals surface area contributed by atoms with E-state index in [9.17, 15) is 4.79 Å². The molecule has 3 rings (SSSR count). The number of carbonyl (C=O) groups is 1. The summed E-state index contributed by atoms with van der Waals surface area (Å²) in [5.41, 5.74) is 2.46. The summed E-state index contributed by atoms with van der Waals surface area (Å²) in [5.74, 6) is 0. The van der Waals surface area contributed by atoms with Gasteiger partial charge in [0.15, 0.2) is 0 Å². The van der Waals surface area contributed by atoms with Gasteiger partial charge >= 0.3 is 6.03 Å². The van der Waals surface area contributed by atoms with Gasteiger partial charge in [0.25, 0.3) is 0 Å². The largest absolute Gasteiger partial charge is 0.335 e. The highest BCUT2D eigenvalue weighted by Gasteiger charge is 2.26. The van der Waals surface area contributed by atoms with E-state index in [4.69, 9.17) is 0 Å². The van der Waals surface area contributed by atoms with Gasteiger partial charge in [-0.2, -0.15) is 5.10 Å². The molecule has 0 bridgehead atoms. The first-order valence-electron chi connectivity index (χ1n) is 8.36. The van der Waals surface area contributed by atoms with Gasteiger partial charge in [0, 0.05) is 23.8 Å². The summed E-state index contributed by atoms with van der Waals surface area (Å²) in [6.07, 6.45) is 9.27. The van der Waals surface area contributed by atoms with E-state index >= 15 is 0 Å². The molecular weight excluding hydrogens is 278 g/mol. The summed E-state index contributed by atoms with van der Waals surface area (Å²) >= 11 is 0. The number of amides is 2. The third kappa shape index (κ3) is 3.61. The van der Waals surface area contributed by atoms with E-state index in [0.717, 1.165) is 32.1 Å². The van der Waals surface area contributed by atoms with Crippen molar-refractivity contribution in [2.24, 2.45) is 0 Å². The Morgan fingerprint density at radius 2 is 2.09 bits per heavy atom. The summed E-state index contributed by atoms with van der Waals surface area (Å²) in [4.78, 5) is 14.5. The molecule has 3 N–H and O–H groups in total. The van der Waals surface area contributed by atoms with Gasteiger partial charge in [0.1, 0.15) is 0 Å². The number of fused-ring (bicyclic) bond motifs is 1. The van der Waals surface area contributed by atoms with E-state index in [0.29, 0.717) is 12.1 Å². The topological polar surface area (TPSA) is 73.1 Å². The monoisotopic (exact) mass is 305 g/mol. The van der Waals surface area contributed by atoms with Crippen LogP contribution in [0.1, 0.15) is 43.4 Å². The first-order valence-corrected chi connectivity index (χ1v) is 8.36. The Morgan fingerprint density at radius 3 is 2.91 bits per heavy atom. The lowest BCUT2D eigenvalue weighted by Crippen LogP contribution is -2.50. The fraction of sp³-hybridized carbons (Fsp3) is 0.750. The van der Waals surface area contributed by atoms with E-state index in [2.05, 4.69) is 39.8 Å². The van der Waals surface area contributed by atoms with Crippen molar-refractivity contribution < 1.29 is 4.79 Å². The molecule has 0 saturated heterocycles. The minimum absolute atomic E-state index is 0.0126. The van der Waals surface area contributed by atoms with Crippen molar-refractivity contribution in [2.75, 3.05) is 14.1 Å². The van der Waals surface area contributed by atoms with E-state index in [1.165, 1.54) is 24.1 Å². The van der Waals surface area contributed by atoms with E-state index in [1.54, 1.807) is 0 Å². The molecule has 0 unspecified atom stereocenters. The normalized spacial score (nSPS) is 28.2. The fourth-order valence-electron chi connectivity index (χ4n) is 3.72. The Labute approximate surface area is 132 Å². The molecule has 1 saturated carbocycles. The zero-order chi connectivity index (χ0) is 15.5. The second-order valence-corrected chi connectivity index (χ2v) is 6.91. The summed E-state index contributed by atoms with van der Waals surface area (Å²) in [6.45, 7) is 0. The summed E-state index contributed by atoms with van der Waals surface area (Å²) in [7, 11) is 4.25. The maximum absolute atomic E-state index is 12.2. The number of rotatable bonds is 3. The molecule has 1 aromatic rings. The second-order valence-electron chi connectivity index (χ2n) is 6.91. The number of aromatic amines is 1. The maximum Gasteiger partial charge on any atom is 0.315 e. The Morgan fingerprint density at radius 1 is 1.27 bits per heavy atom. The average Bonchev–Trinajstić information content (AvgIpc) is 2.95. The van der Waals surface area contributed by atoms with Crippen molar-refractivity contribution in [1.82, 2.24) is 25.7 Å². The molecule has 3 atom stereocenters. The quantitative estimate of drug-likeness (QED) is 0.791. The molecule has 0 aromatic carbocycles. The van der Waals surface area contributed by atoms with E-state index < -0.39 is 0 Å². The molecule has 122 valence electrons. The Hall–Kier alpha value is -1.56. The first kappa shape index (κ1) is 15.3. The summed E-state index contributed by atoms with van der Waals surface area (Å²) in [6, 6.07) is 1.09. The Kier molecular flexibility index (Phi) is 4.66. The van der Waals surface area contributed by atoms with Crippen molar-refractivity contribution in [2.45, 2.75) is 63.1 Å². The van der Waals surface area contributed by atoms with Crippen LogP contribution in [-0.2, 0) is 12.8 Å². The molecule has 1 heterocycles. The zero-order valence-corrected chi connectivity index (χ0v) is 13.6. The molecule has 1 fully saturated rings. The molecule has 0 spiro atoms. The third-order valence-electron chi connectivity index (χ3n) is 5.06. The van der Waals surface area contributed by atoms with Gasteiger partial charge in [0.2, 0.25) is 0 Å². The maximum atomic E-state index is 12.2. The highest BCUT2D eigenvalue weighted by Crippen LogP contribution is 2.22. The molecule has 6 nitrogen and oxygen atoms in total. The number of urea groups is 1. The van der Waals surface area contributed by atoms with E-state index in [-0.39, 0.29) is 12.1 Å². The van der Waals surface area contributed by atoms with Gasteiger partial charge < -0.3 is 15.5 Å². The predicted molar refractivity (Wildman–Crippen MR) is 85.8 cm³/mol. The number of carbonyl (C=O) groups excluding carboxylic acids is 1. The molecule has 0 aliphatic heterocycles. The number of nitrogens with one attached hydrogen (secondary N) is 3. The minimum atomic E-state index is -0.0126. The first-order chi connectivity index (χ1) is 10.6. The van der Waals surface area contributed by atoms with Gasteiger partial charge in [-0.25, -0.2) is 4.79 Å². The smallest absolute Gasteiger partial charge is 0.315 e. The second kappa shape index (κ2) is 6.69. The van der Waals surface area contributed by atoms with Gasteiger partial charge in [-0.05, 0) is 64.6 Å². The summed E-state index contributed by atoms with van der Waals surface area (Å²) in [5, 5.41) is 13.4. The van der Waals surface area contributed by atoms with Crippen molar-refractivity contribution in [3.05, 3.63) is 17.5 Å². The fourth-order valence-corrected chi connectivity index (χ4v) is 3.72. The number of hydrogen-bond donors (Lipinski definition) is 3.